The van der Waals surface area contributed by atoms with Gasteiger partial charge in [0.05, 0.1) is 11.0 Å². The van der Waals surface area contributed by atoms with Gasteiger partial charge in [-0.25, -0.2) is 4.39 Å². The molecule has 1 aromatic carbocycles. The van der Waals surface area contributed by atoms with Crippen LogP contribution in [-0.2, 0) is 0 Å². The Balaban J connectivity index is 2.31. The Labute approximate surface area is 130 Å². The molecule has 1 fully saturated rings. The van der Waals surface area contributed by atoms with Gasteiger partial charge in [-0.15, -0.1) is 0 Å². The molecule has 1 aliphatic heterocycles. The first-order valence-corrected chi connectivity index (χ1v) is 7.97. The minimum atomic E-state index is -0.766. The van der Waals surface area contributed by atoms with Crippen LogP contribution in [0.3, 0.4) is 0 Å². The van der Waals surface area contributed by atoms with E-state index in [1.807, 2.05) is 0 Å². The topological polar surface area (TPSA) is 63.4 Å². The Kier molecular flexibility index (Phi) is 5.27. The monoisotopic (exact) mass is 358 g/mol. The van der Waals surface area contributed by atoms with E-state index in [-0.39, 0.29) is 17.5 Å². The number of halogens is 2. The van der Waals surface area contributed by atoms with Gasteiger partial charge in [0.1, 0.15) is 5.82 Å². The first kappa shape index (κ1) is 15.9. The number of rotatable bonds is 3. The number of non-ortho nitro benzene ring substituents is 1. The third kappa shape index (κ3) is 3.78. The third-order valence-corrected chi connectivity index (χ3v) is 4.40. The highest BCUT2D eigenvalue weighted by Crippen LogP contribution is 2.23. The molecule has 1 heterocycles. The van der Waals surface area contributed by atoms with Crippen LogP contribution in [0.5, 0.6) is 0 Å². The largest absolute Gasteiger partial charge is 0.335 e. The lowest BCUT2D eigenvalue weighted by Gasteiger charge is -2.28. The van der Waals surface area contributed by atoms with Crippen LogP contribution in [0.15, 0.2) is 18.2 Å². The summed E-state index contributed by atoms with van der Waals surface area (Å²) < 4.78 is 13.5. The highest BCUT2D eigenvalue weighted by Gasteiger charge is 2.27. The summed E-state index contributed by atoms with van der Waals surface area (Å²) in [5.74, 6) is -1.11. The van der Waals surface area contributed by atoms with Crippen LogP contribution >= 0.6 is 15.9 Å². The van der Waals surface area contributed by atoms with E-state index in [1.54, 1.807) is 4.90 Å². The molecule has 0 radical (unpaired) electrons. The van der Waals surface area contributed by atoms with Gasteiger partial charge in [0.25, 0.3) is 11.6 Å². The van der Waals surface area contributed by atoms with Gasteiger partial charge in [-0.3, -0.25) is 14.9 Å². The molecule has 7 heteroatoms. The maximum absolute atomic E-state index is 13.5. The second-order valence-electron chi connectivity index (χ2n) is 5.11. The summed E-state index contributed by atoms with van der Waals surface area (Å²) in [6.45, 7) is 0.597. The number of nitro groups is 1. The molecule has 1 amide bonds. The summed E-state index contributed by atoms with van der Waals surface area (Å²) in [5, 5.41) is 11.4. The molecule has 5 nitrogen and oxygen atoms in total. The van der Waals surface area contributed by atoms with Crippen molar-refractivity contribution in [1.29, 1.82) is 0 Å². The summed E-state index contributed by atoms with van der Waals surface area (Å²) in [7, 11) is 0. The zero-order chi connectivity index (χ0) is 15.4. The van der Waals surface area contributed by atoms with Crippen LogP contribution in [0.4, 0.5) is 10.1 Å². The number of nitrogens with zero attached hydrogens (tertiary/aromatic N) is 2. The Morgan fingerprint density at radius 2 is 2.14 bits per heavy atom. The molecule has 114 valence electrons. The second-order valence-corrected chi connectivity index (χ2v) is 5.76. The van der Waals surface area contributed by atoms with Gasteiger partial charge in [-0.2, -0.15) is 0 Å². The van der Waals surface area contributed by atoms with E-state index < -0.39 is 16.4 Å². The summed E-state index contributed by atoms with van der Waals surface area (Å²) in [6, 6.07) is 3.07. The van der Waals surface area contributed by atoms with Gasteiger partial charge in [-0.1, -0.05) is 28.8 Å². The van der Waals surface area contributed by atoms with Crippen molar-refractivity contribution >= 4 is 27.5 Å². The Hall–Kier alpha value is -1.50. The molecule has 0 spiro atoms. The quantitative estimate of drug-likeness (QED) is 0.471. The Morgan fingerprint density at radius 1 is 1.38 bits per heavy atom. The minimum Gasteiger partial charge on any atom is -0.335 e. The summed E-state index contributed by atoms with van der Waals surface area (Å²) in [4.78, 5) is 24.4. The molecule has 21 heavy (non-hydrogen) atoms. The molecule has 1 unspecified atom stereocenters. The molecule has 0 saturated carbocycles. The molecule has 2 rings (SSSR count). The number of carbonyl (C=O) groups excluding carboxylic acids is 1. The number of benzene rings is 1. The molecule has 1 aromatic rings. The lowest BCUT2D eigenvalue weighted by atomic mass is 10.1. The molecular weight excluding hydrogens is 343 g/mol. The fourth-order valence-electron chi connectivity index (χ4n) is 2.57. The van der Waals surface area contributed by atoms with Crippen LogP contribution in [0.25, 0.3) is 0 Å². The Morgan fingerprint density at radius 3 is 2.81 bits per heavy atom. The predicted molar refractivity (Wildman–Crippen MR) is 80.1 cm³/mol. The molecule has 0 bridgehead atoms. The van der Waals surface area contributed by atoms with E-state index in [2.05, 4.69) is 15.9 Å². The molecule has 1 atom stereocenters. The van der Waals surface area contributed by atoms with Crippen molar-refractivity contribution in [2.45, 2.75) is 31.7 Å². The number of likely N-dealkylation sites (tertiary alicyclic amines) is 1. The summed E-state index contributed by atoms with van der Waals surface area (Å²) in [6.07, 6.45) is 3.88. The fraction of sp³-hybridized carbons (Fsp3) is 0.500. The second kappa shape index (κ2) is 6.98. The molecule has 0 aliphatic carbocycles. The first-order chi connectivity index (χ1) is 10.0. The minimum absolute atomic E-state index is 0.0366. The van der Waals surface area contributed by atoms with E-state index in [1.165, 1.54) is 0 Å². The first-order valence-electron chi connectivity index (χ1n) is 6.85. The van der Waals surface area contributed by atoms with Gasteiger partial charge in [-0.05, 0) is 18.9 Å². The predicted octanol–water partition coefficient (Wildman–Crippen LogP) is 3.51. The number of carbonyl (C=O) groups is 1. The number of nitro benzene ring substituents is 1. The highest BCUT2D eigenvalue weighted by atomic mass is 79.9. The number of alkyl halides is 1. The maximum atomic E-state index is 13.5. The van der Waals surface area contributed by atoms with E-state index >= 15 is 0 Å². The van der Waals surface area contributed by atoms with Crippen molar-refractivity contribution in [2.75, 3.05) is 11.9 Å². The smallest absolute Gasteiger partial charge is 0.273 e. The average molecular weight is 359 g/mol. The van der Waals surface area contributed by atoms with Crippen LogP contribution in [0.2, 0.25) is 0 Å². The zero-order valence-electron chi connectivity index (χ0n) is 11.4. The normalized spacial score (nSPS) is 19.1. The van der Waals surface area contributed by atoms with E-state index in [0.29, 0.717) is 11.9 Å². The third-order valence-electron chi connectivity index (χ3n) is 3.66. The van der Waals surface area contributed by atoms with Crippen molar-refractivity contribution in [1.82, 2.24) is 4.90 Å². The number of hydrogen-bond donors (Lipinski definition) is 0. The SMILES string of the molecule is O=C(c1cc(F)cc([N+](=O)[O-])c1)N1CCCCCC1CBr. The van der Waals surface area contributed by atoms with Crippen molar-refractivity contribution in [3.05, 3.63) is 39.7 Å². The van der Waals surface area contributed by atoms with Gasteiger partial charge >= 0.3 is 0 Å². The van der Waals surface area contributed by atoms with Crippen molar-refractivity contribution < 1.29 is 14.1 Å². The number of hydrogen-bond acceptors (Lipinski definition) is 3. The molecule has 0 N–H and O–H groups in total. The Bertz CT molecular complexity index is 553. The lowest BCUT2D eigenvalue weighted by Crippen LogP contribution is -2.41. The van der Waals surface area contributed by atoms with Crippen LogP contribution in [0, 0.1) is 15.9 Å². The van der Waals surface area contributed by atoms with Crippen molar-refractivity contribution in [3.63, 3.8) is 0 Å². The van der Waals surface area contributed by atoms with Crippen molar-refractivity contribution in [3.8, 4) is 0 Å². The van der Waals surface area contributed by atoms with Crippen LogP contribution in [0.1, 0.15) is 36.0 Å². The average Bonchev–Trinajstić information content (AvgIpc) is 2.70. The highest BCUT2D eigenvalue weighted by molar-refractivity contribution is 9.09. The molecule has 1 aliphatic rings. The standard InChI is InChI=1S/C14H16BrFN2O3/c15-9-12-4-2-1-3-5-17(12)14(19)10-6-11(16)8-13(7-10)18(20)21/h6-8,12H,1-5,9H2. The van der Waals surface area contributed by atoms with Crippen LogP contribution < -0.4 is 0 Å². The molecule has 1 saturated heterocycles. The fourth-order valence-corrected chi connectivity index (χ4v) is 3.25. The van der Waals surface area contributed by atoms with E-state index in [4.69, 9.17) is 0 Å². The molecule has 0 aromatic heterocycles. The lowest BCUT2D eigenvalue weighted by molar-refractivity contribution is -0.385. The summed E-state index contributed by atoms with van der Waals surface area (Å²) in [5.41, 5.74) is -0.363. The van der Waals surface area contributed by atoms with Gasteiger partial charge < -0.3 is 4.90 Å². The summed E-state index contributed by atoms with van der Waals surface area (Å²) >= 11 is 3.40. The zero-order valence-corrected chi connectivity index (χ0v) is 13.0. The van der Waals surface area contributed by atoms with Gasteiger partial charge in [0.15, 0.2) is 0 Å². The van der Waals surface area contributed by atoms with Crippen LogP contribution in [-0.4, -0.2) is 33.6 Å². The van der Waals surface area contributed by atoms with Gasteiger partial charge in [0, 0.05) is 29.5 Å². The van der Waals surface area contributed by atoms with E-state index in [9.17, 15) is 19.3 Å². The van der Waals surface area contributed by atoms with Crippen molar-refractivity contribution in [2.24, 2.45) is 0 Å². The number of amides is 1. The molecular formula is C14H16BrFN2O3. The van der Waals surface area contributed by atoms with Gasteiger partial charge in [0.2, 0.25) is 0 Å². The maximum Gasteiger partial charge on any atom is 0.273 e. The van der Waals surface area contributed by atoms with E-state index in [0.717, 1.165) is 43.9 Å².